The number of hydrogen-bond donors (Lipinski definition) is 1. The lowest BCUT2D eigenvalue weighted by atomic mass is 10.2. The van der Waals surface area contributed by atoms with Crippen molar-refractivity contribution < 1.29 is 4.74 Å². The summed E-state index contributed by atoms with van der Waals surface area (Å²) in [5.41, 5.74) is 2.10. The predicted molar refractivity (Wildman–Crippen MR) is 61.1 cm³/mol. The van der Waals surface area contributed by atoms with E-state index in [0.29, 0.717) is 0 Å². The van der Waals surface area contributed by atoms with Crippen molar-refractivity contribution in [1.82, 2.24) is 9.97 Å². The Labute approximate surface area is 91.1 Å². The van der Waals surface area contributed by atoms with Gasteiger partial charge in [0.25, 0.3) is 0 Å². The number of nitrogens with one attached hydrogen (secondary N) is 1. The zero-order valence-corrected chi connectivity index (χ0v) is 10.1. The second-order valence-corrected chi connectivity index (χ2v) is 3.55. The Morgan fingerprint density at radius 1 is 1.33 bits per heavy atom. The molecule has 4 heteroatoms. The minimum Gasteiger partial charge on any atom is -0.374 e. The molecule has 0 fully saturated rings. The summed E-state index contributed by atoms with van der Waals surface area (Å²) in [5.74, 6) is 1.64. The number of ether oxygens (including phenoxy) is 1. The number of aryl methyl sites for hydroxylation is 1. The first-order chi connectivity index (χ1) is 7.10. The van der Waals surface area contributed by atoms with Crippen LogP contribution in [0.2, 0.25) is 0 Å². The van der Waals surface area contributed by atoms with E-state index in [4.69, 9.17) is 4.74 Å². The molecule has 1 aromatic heterocycles. The Balaban J connectivity index is 3.11. The highest BCUT2D eigenvalue weighted by Gasteiger charge is 2.12. The van der Waals surface area contributed by atoms with E-state index in [1.807, 2.05) is 20.8 Å². The maximum Gasteiger partial charge on any atom is 0.159 e. The molecule has 0 radical (unpaired) electrons. The smallest absolute Gasteiger partial charge is 0.159 e. The first kappa shape index (κ1) is 11.9. The van der Waals surface area contributed by atoms with E-state index in [1.165, 1.54) is 0 Å². The van der Waals surface area contributed by atoms with Gasteiger partial charge in [0.2, 0.25) is 0 Å². The number of anilines is 1. The number of rotatable bonds is 4. The molecule has 1 unspecified atom stereocenters. The molecule has 0 aliphatic rings. The first-order valence-corrected chi connectivity index (χ1v) is 5.22. The van der Waals surface area contributed by atoms with Crippen LogP contribution in [-0.2, 0) is 4.74 Å². The highest BCUT2D eigenvalue weighted by molar-refractivity contribution is 5.45. The maximum atomic E-state index is 5.21. The lowest BCUT2D eigenvalue weighted by Crippen LogP contribution is -2.10. The highest BCUT2D eigenvalue weighted by Crippen LogP contribution is 2.19. The van der Waals surface area contributed by atoms with Crippen molar-refractivity contribution in [1.29, 1.82) is 0 Å². The Hall–Kier alpha value is -1.16. The van der Waals surface area contributed by atoms with Crippen molar-refractivity contribution in [3.05, 3.63) is 17.1 Å². The number of hydrogen-bond acceptors (Lipinski definition) is 4. The van der Waals surface area contributed by atoms with Crippen LogP contribution in [0.3, 0.4) is 0 Å². The Bertz CT molecular complexity index is 339. The van der Waals surface area contributed by atoms with Crippen LogP contribution in [0.15, 0.2) is 0 Å². The molecule has 1 atom stereocenters. The average Bonchev–Trinajstić information content (AvgIpc) is 2.23. The quantitative estimate of drug-likeness (QED) is 0.826. The number of aromatic nitrogens is 2. The van der Waals surface area contributed by atoms with Crippen LogP contribution in [0.25, 0.3) is 0 Å². The third-order valence-electron chi connectivity index (χ3n) is 2.47. The second kappa shape index (κ2) is 5.07. The van der Waals surface area contributed by atoms with Gasteiger partial charge in [-0.1, -0.05) is 0 Å². The molecule has 0 aliphatic carbocycles. The third kappa shape index (κ3) is 2.65. The van der Waals surface area contributed by atoms with E-state index in [9.17, 15) is 0 Å². The molecular formula is C11H19N3O. The standard InChI is InChI=1S/C11H19N3O/c1-6-12-10-7(2)8(3)13-11(14-10)9(4)15-5/h9H,6H2,1-5H3,(H,12,13,14). The molecule has 15 heavy (non-hydrogen) atoms. The minimum atomic E-state index is -0.0679. The van der Waals surface area contributed by atoms with E-state index in [-0.39, 0.29) is 6.10 Å². The summed E-state index contributed by atoms with van der Waals surface area (Å²) in [6.07, 6.45) is -0.0679. The van der Waals surface area contributed by atoms with Gasteiger partial charge in [-0.2, -0.15) is 0 Å². The zero-order valence-electron chi connectivity index (χ0n) is 10.1. The van der Waals surface area contributed by atoms with Gasteiger partial charge in [-0.3, -0.25) is 0 Å². The lowest BCUT2D eigenvalue weighted by Gasteiger charge is -2.14. The number of nitrogens with zero attached hydrogens (tertiary/aromatic N) is 2. The van der Waals surface area contributed by atoms with Gasteiger partial charge in [0, 0.05) is 24.9 Å². The van der Waals surface area contributed by atoms with Gasteiger partial charge >= 0.3 is 0 Å². The predicted octanol–water partition coefficient (Wildman–Crippen LogP) is 2.23. The summed E-state index contributed by atoms with van der Waals surface area (Å²) in [4.78, 5) is 8.86. The van der Waals surface area contributed by atoms with Gasteiger partial charge in [-0.15, -0.1) is 0 Å². The fourth-order valence-electron chi connectivity index (χ4n) is 1.28. The molecular weight excluding hydrogens is 190 g/mol. The molecule has 1 heterocycles. The molecule has 1 rings (SSSR count). The van der Waals surface area contributed by atoms with Gasteiger partial charge in [-0.05, 0) is 27.7 Å². The molecule has 0 amide bonds. The zero-order chi connectivity index (χ0) is 11.4. The van der Waals surface area contributed by atoms with E-state index in [1.54, 1.807) is 7.11 Å². The minimum absolute atomic E-state index is 0.0679. The van der Waals surface area contributed by atoms with Crippen molar-refractivity contribution in [2.45, 2.75) is 33.8 Å². The summed E-state index contributed by atoms with van der Waals surface area (Å²) in [6, 6.07) is 0. The summed E-state index contributed by atoms with van der Waals surface area (Å²) < 4.78 is 5.21. The van der Waals surface area contributed by atoms with Crippen molar-refractivity contribution in [2.75, 3.05) is 19.0 Å². The van der Waals surface area contributed by atoms with Crippen molar-refractivity contribution in [2.24, 2.45) is 0 Å². The van der Waals surface area contributed by atoms with Crippen molar-refractivity contribution in [3.8, 4) is 0 Å². The van der Waals surface area contributed by atoms with Gasteiger partial charge in [0.05, 0.1) is 0 Å². The molecule has 84 valence electrons. The topological polar surface area (TPSA) is 47.0 Å². The molecule has 0 saturated carbocycles. The largest absolute Gasteiger partial charge is 0.374 e. The van der Waals surface area contributed by atoms with E-state index < -0.39 is 0 Å². The van der Waals surface area contributed by atoms with Crippen LogP contribution in [0, 0.1) is 13.8 Å². The van der Waals surface area contributed by atoms with E-state index in [0.717, 1.165) is 29.4 Å². The van der Waals surface area contributed by atoms with Crippen molar-refractivity contribution >= 4 is 5.82 Å². The normalized spacial score (nSPS) is 12.6. The SMILES string of the molecule is CCNc1nc(C(C)OC)nc(C)c1C. The van der Waals surface area contributed by atoms with Crippen LogP contribution in [0.4, 0.5) is 5.82 Å². The molecule has 0 bridgehead atoms. The van der Waals surface area contributed by atoms with Gasteiger partial charge < -0.3 is 10.1 Å². The maximum absolute atomic E-state index is 5.21. The molecule has 0 saturated heterocycles. The van der Waals surface area contributed by atoms with Crippen LogP contribution in [0.1, 0.15) is 37.0 Å². The van der Waals surface area contributed by atoms with E-state index >= 15 is 0 Å². The molecule has 0 aromatic carbocycles. The summed E-state index contributed by atoms with van der Waals surface area (Å²) in [6.45, 7) is 8.87. The molecule has 0 spiro atoms. The first-order valence-electron chi connectivity index (χ1n) is 5.22. The van der Waals surface area contributed by atoms with Gasteiger partial charge in [0.15, 0.2) is 5.82 Å². The highest BCUT2D eigenvalue weighted by atomic mass is 16.5. The monoisotopic (exact) mass is 209 g/mol. The van der Waals surface area contributed by atoms with Crippen molar-refractivity contribution in [3.63, 3.8) is 0 Å². The fourth-order valence-corrected chi connectivity index (χ4v) is 1.28. The summed E-state index contributed by atoms with van der Waals surface area (Å²) in [7, 11) is 1.66. The van der Waals surface area contributed by atoms with Crippen LogP contribution < -0.4 is 5.32 Å². The number of methoxy groups -OCH3 is 1. The Morgan fingerprint density at radius 2 is 2.00 bits per heavy atom. The van der Waals surface area contributed by atoms with E-state index in [2.05, 4.69) is 22.2 Å². The van der Waals surface area contributed by atoms with Crippen LogP contribution in [-0.4, -0.2) is 23.6 Å². The molecule has 1 N–H and O–H groups in total. The Morgan fingerprint density at radius 3 is 2.53 bits per heavy atom. The van der Waals surface area contributed by atoms with Gasteiger partial charge in [-0.25, -0.2) is 9.97 Å². The summed E-state index contributed by atoms with van der Waals surface area (Å²) in [5, 5.41) is 3.23. The third-order valence-corrected chi connectivity index (χ3v) is 2.47. The van der Waals surface area contributed by atoms with Crippen LogP contribution >= 0.6 is 0 Å². The lowest BCUT2D eigenvalue weighted by molar-refractivity contribution is 0.112. The average molecular weight is 209 g/mol. The molecule has 4 nitrogen and oxygen atoms in total. The van der Waals surface area contributed by atoms with Gasteiger partial charge in [0.1, 0.15) is 11.9 Å². The summed E-state index contributed by atoms with van der Waals surface area (Å²) >= 11 is 0. The second-order valence-electron chi connectivity index (χ2n) is 3.55. The fraction of sp³-hybridized carbons (Fsp3) is 0.636. The molecule has 0 aliphatic heterocycles. The van der Waals surface area contributed by atoms with Crippen LogP contribution in [0.5, 0.6) is 0 Å². The molecule has 1 aromatic rings. The Kier molecular flexibility index (Phi) is 4.03.